The summed E-state index contributed by atoms with van der Waals surface area (Å²) >= 11 is 0. The first-order valence-corrected chi connectivity index (χ1v) is 6.69. The van der Waals surface area contributed by atoms with Crippen LogP contribution in [0.5, 0.6) is 0 Å². The van der Waals surface area contributed by atoms with Gasteiger partial charge in [0.25, 0.3) is 0 Å². The molecule has 0 aliphatic carbocycles. The zero-order valence-corrected chi connectivity index (χ0v) is 11.3. The minimum absolute atomic E-state index is 0.170. The van der Waals surface area contributed by atoms with Gasteiger partial charge in [0.2, 0.25) is 0 Å². The Balaban J connectivity index is 1.72. The van der Waals surface area contributed by atoms with Gasteiger partial charge >= 0.3 is 0 Å². The lowest BCUT2D eigenvalue weighted by Gasteiger charge is -2.11. The third-order valence-corrected chi connectivity index (χ3v) is 3.35. The van der Waals surface area contributed by atoms with Crippen molar-refractivity contribution in [3.05, 3.63) is 66.2 Å². The SMILES string of the molecule is CC(NCc1cn[nH]c1-c1ccccc1)c1ccco1. The number of furan rings is 1. The Kier molecular flexibility index (Phi) is 3.65. The Labute approximate surface area is 117 Å². The van der Waals surface area contributed by atoms with Gasteiger partial charge in [-0.25, -0.2) is 0 Å². The molecule has 2 heterocycles. The summed E-state index contributed by atoms with van der Waals surface area (Å²) in [6.07, 6.45) is 3.56. The van der Waals surface area contributed by atoms with Crippen molar-refractivity contribution >= 4 is 0 Å². The zero-order chi connectivity index (χ0) is 13.8. The summed E-state index contributed by atoms with van der Waals surface area (Å²) in [5.41, 5.74) is 3.35. The number of aromatic nitrogens is 2. The van der Waals surface area contributed by atoms with E-state index in [1.807, 2.05) is 36.5 Å². The van der Waals surface area contributed by atoms with Gasteiger partial charge in [-0.3, -0.25) is 5.10 Å². The number of hydrogen-bond donors (Lipinski definition) is 2. The molecule has 1 atom stereocenters. The molecule has 0 fully saturated rings. The molecular weight excluding hydrogens is 250 g/mol. The van der Waals surface area contributed by atoms with E-state index >= 15 is 0 Å². The molecule has 0 spiro atoms. The lowest BCUT2D eigenvalue weighted by Crippen LogP contribution is -2.17. The minimum Gasteiger partial charge on any atom is -0.468 e. The molecule has 3 aromatic rings. The largest absolute Gasteiger partial charge is 0.468 e. The highest BCUT2D eigenvalue weighted by Gasteiger charge is 2.11. The van der Waals surface area contributed by atoms with Gasteiger partial charge in [-0.15, -0.1) is 0 Å². The molecule has 0 saturated carbocycles. The zero-order valence-electron chi connectivity index (χ0n) is 11.3. The molecule has 0 saturated heterocycles. The van der Waals surface area contributed by atoms with Crippen molar-refractivity contribution in [1.29, 1.82) is 0 Å². The van der Waals surface area contributed by atoms with Crippen molar-refractivity contribution in [2.24, 2.45) is 0 Å². The fourth-order valence-corrected chi connectivity index (χ4v) is 2.20. The van der Waals surface area contributed by atoms with Crippen LogP contribution in [0.1, 0.15) is 24.3 Å². The maximum Gasteiger partial charge on any atom is 0.120 e. The number of benzene rings is 1. The third-order valence-electron chi connectivity index (χ3n) is 3.35. The first kappa shape index (κ1) is 12.7. The van der Waals surface area contributed by atoms with Gasteiger partial charge in [-0.1, -0.05) is 30.3 Å². The summed E-state index contributed by atoms with van der Waals surface area (Å²) in [4.78, 5) is 0. The molecule has 0 bridgehead atoms. The maximum absolute atomic E-state index is 5.39. The molecule has 1 unspecified atom stereocenters. The number of H-pyrrole nitrogens is 1. The number of nitrogens with one attached hydrogen (secondary N) is 2. The Morgan fingerprint density at radius 2 is 2.05 bits per heavy atom. The van der Waals surface area contributed by atoms with Crippen molar-refractivity contribution in [3.63, 3.8) is 0 Å². The van der Waals surface area contributed by atoms with E-state index in [4.69, 9.17) is 4.42 Å². The molecular formula is C16H17N3O. The van der Waals surface area contributed by atoms with Crippen LogP contribution < -0.4 is 5.32 Å². The van der Waals surface area contributed by atoms with Crippen LogP contribution in [0.15, 0.2) is 59.3 Å². The Bertz CT molecular complexity index is 643. The summed E-state index contributed by atoms with van der Waals surface area (Å²) in [5, 5.41) is 10.7. The van der Waals surface area contributed by atoms with E-state index in [2.05, 4.69) is 34.6 Å². The van der Waals surface area contributed by atoms with E-state index in [-0.39, 0.29) is 6.04 Å². The summed E-state index contributed by atoms with van der Waals surface area (Å²) in [6.45, 7) is 2.82. The van der Waals surface area contributed by atoms with E-state index in [1.165, 1.54) is 0 Å². The maximum atomic E-state index is 5.39. The van der Waals surface area contributed by atoms with Crippen molar-refractivity contribution < 1.29 is 4.42 Å². The quantitative estimate of drug-likeness (QED) is 0.743. The molecule has 20 heavy (non-hydrogen) atoms. The van der Waals surface area contributed by atoms with Gasteiger partial charge in [-0.2, -0.15) is 5.10 Å². The molecule has 0 aliphatic heterocycles. The van der Waals surface area contributed by atoms with Gasteiger partial charge in [0.15, 0.2) is 0 Å². The highest BCUT2D eigenvalue weighted by atomic mass is 16.3. The van der Waals surface area contributed by atoms with E-state index in [9.17, 15) is 0 Å². The predicted octanol–water partition coefficient (Wildman–Crippen LogP) is 3.52. The second-order valence-electron chi connectivity index (χ2n) is 4.75. The molecule has 2 N–H and O–H groups in total. The van der Waals surface area contributed by atoms with Crippen LogP contribution in [-0.2, 0) is 6.54 Å². The molecule has 102 valence electrons. The third kappa shape index (κ3) is 2.65. The number of aromatic amines is 1. The number of nitrogens with zero attached hydrogens (tertiary/aromatic N) is 1. The predicted molar refractivity (Wildman–Crippen MR) is 78.0 cm³/mol. The summed E-state index contributed by atoms with van der Waals surface area (Å²) < 4.78 is 5.39. The molecule has 2 aromatic heterocycles. The van der Waals surface area contributed by atoms with Crippen LogP contribution >= 0.6 is 0 Å². The topological polar surface area (TPSA) is 53.9 Å². The monoisotopic (exact) mass is 267 g/mol. The summed E-state index contributed by atoms with van der Waals surface area (Å²) in [5.74, 6) is 0.940. The van der Waals surface area contributed by atoms with E-state index in [1.54, 1.807) is 6.26 Å². The lowest BCUT2D eigenvalue weighted by atomic mass is 10.1. The highest BCUT2D eigenvalue weighted by Crippen LogP contribution is 2.21. The Hall–Kier alpha value is -2.33. The van der Waals surface area contributed by atoms with Gasteiger partial charge in [0.05, 0.1) is 24.2 Å². The van der Waals surface area contributed by atoms with Gasteiger partial charge < -0.3 is 9.73 Å². The van der Waals surface area contributed by atoms with Crippen molar-refractivity contribution in [3.8, 4) is 11.3 Å². The lowest BCUT2D eigenvalue weighted by molar-refractivity contribution is 0.430. The molecule has 0 amide bonds. The molecule has 3 rings (SSSR count). The Morgan fingerprint density at radius 1 is 1.20 bits per heavy atom. The smallest absolute Gasteiger partial charge is 0.120 e. The van der Waals surface area contributed by atoms with Crippen LogP contribution in [0.3, 0.4) is 0 Å². The first-order valence-electron chi connectivity index (χ1n) is 6.69. The van der Waals surface area contributed by atoms with Gasteiger partial charge in [0, 0.05) is 12.1 Å². The second kappa shape index (κ2) is 5.75. The standard InChI is InChI=1S/C16H17N3O/c1-12(15-8-5-9-20-15)17-10-14-11-18-19-16(14)13-6-3-2-4-7-13/h2-9,11-12,17H,10H2,1H3,(H,18,19). The van der Waals surface area contributed by atoms with E-state index in [0.29, 0.717) is 0 Å². The summed E-state index contributed by atoms with van der Waals surface area (Å²) in [6, 6.07) is 14.3. The van der Waals surface area contributed by atoms with Crippen LogP contribution in [0, 0.1) is 0 Å². The van der Waals surface area contributed by atoms with E-state index < -0.39 is 0 Å². The van der Waals surface area contributed by atoms with Gasteiger partial charge in [0.1, 0.15) is 5.76 Å². The van der Waals surface area contributed by atoms with E-state index in [0.717, 1.165) is 29.1 Å². The van der Waals surface area contributed by atoms with Crippen LogP contribution in [-0.4, -0.2) is 10.2 Å². The average molecular weight is 267 g/mol. The second-order valence-corrected chi connectivity index (χ2v) is 4.75. The minimum atomic E-state index is 0.170. The highest BCUT2D eigenvalue weighted by molar-refractivity contribution is 5.62. The molecule has 4 heteroatoms. The van der Waals surface area contributed by atoms with Crippen molar-refractivity contribution in [2.45, 2.75) is 19.5 Å². The molecule has 4 nitrogen and oxygen atoms in total. The van der Waals surface area contributed by atoms with Crippen LogP contribution in [0.4, 0.5) is 0 Å². The number of hydrogen-bond acceptors (Lipinski definition) is 3. The fraction of sp³-hybridized carbons (Fsp3) is 0.188. The summed E-state index contributed by atoms with van der Waals surface area (Å²) in [7, 11) is 0. The average Bonchev–Trinajstić information content (AvgIpc) is 3.17. The van der Waals surface area contributed by atoms with Gasteiger partial charge in [-0.05, 0) is 24.6 Å². The fourth-order valence-electron chi connectivity index (χ4n) is 2.20. The Morgan fingerprint density at radius 3 is 2.80 bits per heavy atom. The molecule has 0 radical (unpaired) electrons. The first-order chi connectivity index (χ1) is 9.84. The van der Waals surface area contributed by atoms with Crippen LogP contribution in [0.25, 0.3) is 11.3 Å². The van der Waals surface area contributed by atoms with Crippen molar-refractivity contribution in [1.82, 2.24) is 15.5 Å². The molecule has 0 aliphatic rings. The normalized spacial score (nSPS) is 12.4. The molecule has 1 aromatic carbocycles. The van der Waals surface area contributed by atoms with Crippen molar-refractivity contribution in [2.75, 3.05) is 0 Å². The van der Waals surface area contributed by atoms with Crippen LogP contribution in [0.2, 0.25) is 0 Å². The number of rotatable bonds is 5.